The van der Waals surface area contributed by atoms with E-state index in [4.69, 9.17) is 4.98 Å². The van der Waals surface area contributed by atoms with Gasteiger partial charge < -0.3 is 0 Å². The second kappa shape index (κ2) is 10.6. The molecule has 0 fully saturated rings. The average molecular weight is 642 g/mol. The van der Waals surface area contributed by atoms with Gasteiger partial charge in [-0.2, -0.15) is 5.26 Å². The number of imidazole rings is 1. The summed E-state index contributed by atoms with van der Waals surface area (Å²) in [6.07, 6.45) is 2.14. The molecule has 4 heteroatoms. The van der Waals surface area contributed by atoms with E-state index in [1.54, 1.807) is 11.3 Å². The Bertz CT molecular complexity index is 2730. The van der Waals surface area contributed by atoms with Crippen LogP contribution in [0.2, 0.25) is 0 Å². The Hall–Kier alpha value is -6.28. The van der Waals surface area contributed by atoms with Crippen LogP contribution in [-0.2, 0) is 5.41 Å². The molecule has 228 valence electrons. The van der Waals surface area contributed by atoms with Gasteiger partial charge >= 0.3 is 0 Å². The lowest BCUT2D eigenvalue weighted by molar-refractivity contribution is 0.768. The molecule has 3 aromatic heterocycles. The highest BCUT2D eigenvalue weighted by molar-refractivity contribution is 7.25. The summed E-state index contributed by atoms with van der Waals surface area (Å²) in [5, 5.41) is 11.2. The van der Waals surface area contributed by atoms with E-state index in [1.165, 1.54) is 42.7 Å². The number of hydrogen-bond acceptors (Lipinski definition) is 3. The Balaban J connectivity index is 1.09. The maximum atomic E-state index is 9.95. The second-order valence-electron chi connectivity index (χ2n) is 12.7. The predicted octanol–water partition coefficient (Wildman–Crippen LogP) is 11.3. The molecule has 10 rings (SSSR count). The van der Waals surface area contributed by atoms with Crippen molar-refractivity contribution in [1.82, 2.24) is 9.38 Å². The molecule has 0 radical (unpaired) electrons. The summed E-state index contributed by atoms with van der Waals surface area (Å²) in [4.78, 5) is 6.22. The molecule has 0 N–H and O–H groups in total. The third kappa shape index (κ3) is 4.04. The summed E-state index contributed by atoms with van der Waals surface area (Å²) >= 11 is 1.79. The highest BCUT2D eigenvalue weighted by Crippen LogP contribution is 2.57. The Labute approximate surface area is 287 Å². The number of pyridine rings is 1. The SMILES string of the molecule is N#Cc1ccc2c(c1)C(c1ccccc1)(c1ccccc1)c1cc(-c3ccc(-c4ccn5c(c4)nc4c6ccccc6sc45)cc3)ccc1-2. The third-order valence-electron chi connectivity index (χ3n) is 10.2. The Kier molecular flexibility index (Phi) is 6.02. The lowest BCUT2D eigenvalue weighted by Gasteiger charge is -2.34. The summed E-state index contributed by atoms with van der Waals surface area (Å²) in [7, 11) is 0. The second-order valence-corrected chi connectivity index (χ2v) is 13.7. The maximum absolute atomic E-state index is 9.95. The number of benzene rings is 6. The lowest BCUT2D eigenvalue weighted by Crippen LogP contribution is -2.28. The Morgan fingerprint density at radius 1 is 0.571 bits per heavy atom. The Morgan fingerprint density at radius 3 is 1.86 bits per heavy atom. The van der Waals surface area contributed by atoms with Crippen molar-refractivity contribution in [2.45, 2.75) is 5.41 Å². The van der Waals surface area contributed by atoms with E-state index in [9.17, 15) is 5.26 Å². The summed E-state index contributed by atoms with van der Waals surface area (Å²) < 4.78 is 3.47. The van der Waals surface area contributed by atoms with E-state index in [1.807, 2.05) is 6.07 Å². The zero-order valence-corrected chi connectivity index (χ0v) is 27.2. The molecule has 49 heavy (non-hydrogen) atoms. The van der Waals surface area contributed by atoms with Crippen molar-refractivity contribution >= 4 is 37.4 Å². The zero-order chi connectivity index (χ0) is 32.5. The quantitative estimate of drug-likeness (QED) is 0.192. The molecular formula is C45H27N3S. The normalized spacial score (nSPS) is 13.0. The highest BCUT2D eigenvalue weighted by atomic mass is 32.1. The van der Waals surface area contributed by atoms with Crippen molar-refractivity contribution in [2.24, 2.45) is 0 Å². The van der Waals surface area contributed by atoms with Gasteiger partial charge in [0, 0.05) is 16.3 Å². The largest absolute Gasteiger partial charge is 0.291 e. The number of nitriles is 1. The fraction of sp³-hybridized carbons (Fsp3) is 0.0222. The summed E-state index contributed by atoms with van der Waals surface area (Å²) in [5.41, 5.74) is 13.9. The van der Waals surface area contributed by atoms with Crippen LogP contribution in [0.3, 0.4) is 0 Å². The molecular weight excluding hydrogens is 615 g/mol. The van der Waals surface area contributed by atoms with Crippen molar-refractivity contribution in [3.63, 3.8) is 0 Å². The molecule has 3 heterocycles. The van der Waals surface area contributed by atoms with Gasteiger partial charge in [0.05, 0.1) is 17.0 Å². The minimum Gasteiger partial charge on any atom is -0.291 e. The fourth-order valence-corrected chi connectivity index (χ4v) is 9.06. The van der Waals surface area contributed by atoms with Crippen LogP contribution < -0.4 is 0 Å². The van der Waals surface area contributed by atoms with Crippen LogP contribution >= 0.6 is 11.3 Å². The molecule has 0 saturated carbocycles. The van der Waals surface area contributed by atoms with Gasteiger partial charge in [-0.1, -0.05) is 121 Å². The first-order chi connectivity index (χ1) is 24.2. The van der Waals surface area contributed by atoms with Gasteiger partial charge in [-0.25, -0.2) is 4.98 Å². The van der Waals surface area contributed by atoms with Gasteiger partial charge in [-0.15, -0.1) is 11.3 Å². The molecule has 6 aromatic carbocycles. The van der Waals surface area contributed by atoms with Gasteiger partial charge in [-0.3, -0.25) is 4.40 Å². The van der Waals surface area contributed by atoms with Crippen LogP contribution in [0.25, 0.3) is 59.5 Å². The smallest absolute Gasteiger partial charge is 0.139 e. The van der Waals surface area contributed by atoms with E-state index < -0.39 is 5.41 Å². The van der Waals surface area contributed by atoms with Crippen LogP contribution in [0.15, 0.2) is 164 Å². The molecule has 3 nitrogen and oxygen atoms in total. The number of fused-ring (bicyclic) bond motifs is 8. The highest BCUT2D eigenvalue weighted by Gasteiger charge is 2.46. The van der Waals surface area contributed by atoms with E-state index in [-0.39, 0.29) is 0 Å². The van der Waals surface area contributed by atoms with Crippen LogP contribution in [0, 0.1) is 11.3 Å². The van der Waals surface area contributed by atoms with Crippen LogP contribution in [0.5, 0.6) is 0 Å². The molecule has 0 saturated heterocycles. The molecule has 0 aliphatic heterocycles. The van der Waals surface area contributed by atoms with Gasteiger partial charge in [-0.05, 0) is 92.0 Å². The van der Waals surface area contributed by atoms with Crippen molar-refractivity contribution in [2.75, 3.05) is 0 Å². The molecule has 0 spiro atoms. The summed E-state index contributed by atoms with van der Waals surface area (Å²) in [6, 6.07) is 58.6. The van der Waals surface area contributed by atoms with Crippen LogP contribution in [0.1, 0.15) is 27.8 Å². The first kappa shape index (κ1) is 27.8. The van der Waals surface area contributed by atoms with E-state index >= 15 is 0 Å². The number of hydrogen-bond donors (Lipinski definition) is 0. The molecule has 0 atom stereocenters. The lowest BCUT2D eigenvalue weighted by atomic mass is 9.67. The van der Waals surface area contributed by atoms with Crippen molar-refractivity contribution in [3.05, 3.63) is 192 Å². The Morgan fingerprint density at radius 2 is 1.16 bits per heavy atom. The fourth-order valence-electron chi connectivity index (χ4n) is 7.92. The maximum Gasteiger partial charge on any atom is 0.139 e. The number of rotatable bonds is 4. The zero-order valence-electron chi connectivity index (χ0n) is 26.3. The minimum atomic E-state index is -0.561. The van der Waals surface area contributed by atoms with E-state index in [2.05, 4.69) is 168 Å². The topological polar surface area (TPSA) is 41.1 Å². The van der Waals surface area contributed by atoms with E-state index in [0.29, 0.717) is 5.56 Å². The standard InChI is InChI=1S/C45H27N3S/c46-28-29-15-21-36-37-22-20-32(26-40(37)45(39(36)25-29,34-9-3-1-4-10-34)35-11-5-2-6-12-35)30-16-18-31(19-17-30)33-23-24-48-42(27-33)47-43-38-13-7-8-14-41(38)49-44(43)48/h1-27H. The molecule has 0 unspecified atom stereocenters. The monoisotopic (exact) mass is 641 g/mol. The van der Waals surface area contributed by atoms with Gasteiger partial charge in [0.1, 0.15) is 16.0 Å². The molecule has 0 amide bonds. The molecule has 0 bridgehead atoms. The predicted molar refractivity (Wildman–Crippen MR) is 201 cm³/mol. The average Bonchev–Trinajstić information content (AvgIpc) is 3.81. The van der Waals surface area contributed by atoms with Crippen LogP contribution in [0.4, 0.5) is 0 Å². The van der Waals surface area contributed by atoms with Gasteiger partial charge in [0.25, 0.3) is 0 Å². The number of thiophene rings is 1. The molecule has 9 aromatic rings. The summed E-state index contributed by atoms with van der Waals surface area (Å²) in [5.74, 6) is 0. The summed E-state index contributed by atoms with van der Waals surface area (Å²) in [6.45, 7) is 0. The number of nitrogens with zero attached hydrogens (tertiary/aromatic N) is 3. The first-order valence-electron chi connectivity index (χ1n) is 16.4. The van der Waals surface area contributed by atoms with Gasteiger partial charge in [0.15, 0.2) is 0 Å². The first-order valence-corrected chi connectivity index (χ1v) is 17.2. The minimum absolute atomic E-state index is 0.561. The molecule has 1 aliphatic rings. The van der Waals surface area contributed by atoms with E-state index in [0.717, 1.165) is 39.0 Å². The van der Waals surface area contributed by atoms with Crippen molar-refractivity contribution in [1.29, 1.82) is 5.26 Å². The van der Waals surface area contributed by atoms with Crippen molar-refractivity contribution in [3.8, 4) is 39.4 Å². The van der Waals surface area contributed by atoms with Crippen LogP contribution in [-0.4, -0.2) is 9.38 Å². The number of aromatic nitrogens is 2. The third-order valence-corrected chi connectivity index (χ3v) is 11.3. The molecule has 1 aliphatic carbocycles. The van der Waals surface area contributed by atoms with Gasteiger partial charge in [0.2, 0.25) is 0 Å². The van der Waals surface area contributed by atoms with Crippen molar-refractivity contribution < 1.29 is 0 Å².